The van der Waals surface area contributed by atoms with Gasteiger partial charge < -0.3 is 19.6 Å². The smallest absolute Gasteiger partial charge is 0.336 e. The van der Waals surface area contributed by atoms with Crippen molar-refractivity contribution < 1.29 is 23.8 Å². The molecule has 0 bridgehead atoms. The lowest BCUT2D eigenvalue weighted by Crippen LogP contribution is -2.42. The van der Waals surface area contributed by atoms with Gasteiger partial charge >= 0.3 is 11.6 Å². The molecule has 7 nitrogen and oxygen atoms in total. The number of carbonyl (C=O) groups excluding carboxylic acids is 1. The van der Waals surface area contributed by atoms with E-state index in [2.05, 4.69) is 5.32 Å². The van der Waals surface area contributed by atoms with E-state index in [0.717, 1.165) is 16.5 Å². The maximum absolute atomic E-state index is 12.0. The summed E-state index contributed by atoms with van der Waals surface area (Å²) in [7, 11) is 0. The molecular weight excluding hydrogens is 374 g/mol. The lowest BCUT2D eigenvalue weighted by atomic mass is 10.0. The zero-order valence-electron chi connectivity index (χ0n) is 15.9. The fourth-order valence-electron chi connectivity index (χ4n) is 3.02. The summed E-state index contributed by atoms with van der Waals surface area (Å²) in [4.78, 5) is 35.1. The second kappa shape index (κ2) is 9.05. The van der Waals surface area contributed by atoms with E-state index < -0.39 is 23.5 Å². The number of benzene rings is 2. The first-order chi connectivity index (χ1) is 14.0. The first-order valence-corrected chi connectivity index (χ1v) is 9.26. The Morgan fingerprint density at radius 2 is 1.90 bits per heavy atom. The van der Waals surface area contributed by atoms with Crippen LogP contribution in [0, 0.1) is 0 Å². The molecule has 0 unspecified atom stereocenters. The van der Waals surface area contributed by atoms with E-state index in [1.165, 1.54) is 12.1 Å². The summed E-state index contributed by atoms with van der Waals surface area (Å²) in [5, 5.41) is 12.3. The maximum atomic E-state index is 12.0. The van der Waals surface area contributed by atoms with Gasteiger partial charge in [0.2, 0.25) is 0 Å². The van der Waals surface area contributed by atoms with E-state index in [9.17, 15) is 14.4 Å². The number of carboxylic acid groups (broad SMARTS) is 1. The minimum absolute atomic E-state index is 0.336. The van der Waals surface area contributed by atoms with Gasteiger partial charge in [0.05, 0.1) is 0 Å². The van der Waals surface area contributed by atoms with Gasteiger partial charge in [0.15, 0.2) is 6.61 Å². The summed E-state index contributed by atoms with van der Waals surface area (Å²) >= 11 is 0. The molecule has 0 fully saturated rings. The van der Waals surface area contributed by atoms with Crippen molar-refractivity contribution in [1.82, 2.24) is 5.32 Å². The Balaban J connectivity index is 1.77. The van der Waals surface area contributed by atoms with Gasteiger partial charge in [0.25, 0.3) is 5.91 Å². The van der Waals surface area contributed by atoms with Crippen molar-refractivity contribution in [3.8, 4) is 16.9 Å². The molecule has 1 atom stereocenters. The first-order valence-electron chi connectivity index (χ1n) is 9.26. The van der Waals surface area contributed by atoms with Crippen molar-refractivity contribution in [1.29, 1.82) is 0 Å². The SMILES string of the molecule is CCC[C@@H](NC(=O)COc1ccc2c(-c3ccccc3)cc(=O)oc2c1)C(=O)O. The summed E-state index contributed by atoms with van der Waals surface area (Å²) < 4.78 is 10.7. The number of aliphatic carboxylic acids is 1. The molecule has 2 aromatic carbocycles. The predicted molar refractivity (Wildman–Crippen MR) is 108 cm³/mol. The number of nitrogens with one attached hydrogen (secondary N) is 1. The largest absolute Gasteiger partial charge is 0.484 e. The number of hydrogen-bond acceptors (Lipinski definition) is 5. The van der Waals surface area contributed by atoms with Crippen molar-refractivity contribution in [3.63, 3.8) is 0 Å². The normalized spacial score (nSPS) is 11.8. The highest BCUT2D eigenvalue weighted by Gasteiger charge is 2.19. The van der Waals surface area contributed by atoms with Gasteiger partial charge in [-0.1, -0.05) is 43.7 Å². The molecule has 0 spiro atoms. The van der Waals surface area contributed by atoms with E-state index in [4.69, 9.17) is 14.3 Å². The molecule has 0 radical (unpaired) electrons. The molecule has 150 valence electrons. The van der Waals surface area contributed by atoms with E-state index in [1.54, 1.807) is 12.1 Å². The Hall–Kier alpha value is -3.61. The van der Waals surface area contributed by atoms with Crippen LogP contribution in [0.3, 0.4) is 0 Å². The average Bonchev–Trinajstić information content (AvgIpc) is 2.71. The van der Waals surface area contributed by atoms with E-state index in [0.29, 0.717) is 24.2 Å². The molecule has 3 aromatic rings. The number of hydrogen-bond donors (Lipinski definition) is 2. The molecule has 0 saturated heterocycles. The van der Waals surface area contributed by atoms with Crippen LogP contribution in [-0.4, -0.2) is 29.6 Å². The number of ether oxygens (including phenoxy) is 1. The summed E-state index contributed by atoms with van der Waals surface area (Å²) in [6, 6.07) is 14.9. The Bertz CT molecular complexity index is 1070. The van der Waals surface area contributed by atoms with Crippen LogP contribution in [0.25, 0.3) is 22.1 Å². The fourth-order valence-corrected chi connectivity index (χ4v) is 3.02. The van der Waals surface area contributed by atoms with Crippen LogP contribution in [0.15, 0.2) is 63.8 Å². The number of amides is 1. The van der Waals surface area contributed by atoms with Gasteiger partial charge in [-0.25, -0.2) is 9.59 Å². The molecule has 7 heteroatoms. The van der Waals surface area contributed by atoms with Crippen LogP contribution in [0.2, 0.25) is 0 Å². The topological polar surface area (TPSA) is 106 Å². The van der Waals surface area contributed by atoms with E-state index >= 15 is 0 Å². The van der Waals surface area contributed by atoms with Crippen molar-refractivity contribution in [3.05, 3.63) is 65.0 Å². The number of rotatable bonds is 8. The molecule has 1 heterocycles. The van der Waals surface area contributed by atoms with Crippen molar-refractivity contribution in [2.45, 2.75) is 25.8 Å². The highest BCUT2D eigenvalue weighted by Crippen LogP contribution is 2.29. The van der Waals surface area contributed by atoms with Gasteiger partial charge in [-0.15, -0.1) is 0 Å². The molecule has 1 aromatic heterocycles. The van der Waals surface area contributed by atoms with E-state index in [-0.39, 0.29) is 6.61 Å². The van der Waals surface area contributed by atoms with Crippen LogP contribution in [0.4, 0.5) is 0 Å². The maximum Gasteiger partial charge on any atom is 0.336 e. The van der Waals surface area contributed by atoms with Crippen molar-refractivity contribution in [2.75, 3.05) is 6.61 Å². The number of carboxylic acids is 1. The third kappa shape index (κ3) is 5.01. The van der Waals surface area contributed by atoms with Crippen molar-refractivity contribution >= 4 is 22.8 Å². The lowest BCUT2D eigenvalue weighted by Gasteiger charge is -2.14. The van der Waals surface area contributed by atoms with Gasteiger partial charge in [0, 0.05) is 17.5 Å². The Labute approximate surface area is 166 Å². The molecular formula is C22H21NO6. The highest BCUT2D eigenvalue weighted by molar-refractivity contribution is 5.93. The number of fused-ring (bicyclic) bond motifs is 1. The molecule has 0 aliphatic heterocycles. The predicted octanol–water partition coefficient (Wildman–Crippen LogP) is 3.21. The Kier molecular flexibility index (Phi) is 6.29. The molecule has 1 amide bonds. The zero-order valence-corrected chi connectivity index (χ0v) is 15.9. The third-order valence-corrected chi connectivity index (χ3v) is 4.38. The zero-order chi connectivity index (χ0) is 20.8. The van der Waals surface area contributed by atoms with Crippen LogP contribution in [-0.2, 0) is 9.59 Å². The molecule has 3 rings (SSSR count). The number of carbonyl (C=O) groups is 2. The highest BCUT2D eigenvalue weighted by atomic mass is 16.5. The van der Waals surface area contributed by atoms with Gasteiger partial charge in [-0.2, -0.15) is 0 Å². The molecule has 29 heavy (non-hydrogen) atoms. The fraction of sp³-hybridized carbons (Fsp3) is 0.227. The summed E-state index contributed by atoms with van der Waals surface area (Å²) in [6.07, 6.45) is 0.968. The van der Waals surface area contributed by atoms with Crippen LogP contribution in [0.1, 0.15) is 19.8 Å². The summed E-state index contributed by atoms with van der Waals surface area (Å²) in [5.74, 6) is -1.28. The lowest BCUT2D eigenvalue weighted by molar-refractivity contribution is -0.142. The van der Waals surface area contributed by atoms with E-state index in [1.807, 2.05) is 37.3 Å². The third-order valence-electron chi connectivity index (χ3n) is 4.38. The quantitative estimate of drug-likeness (QED) is 0.568. The summed E-state index contributed by atoms with van der Waals surface area (Å²) in [6.45, 7) is 1.49. The average molecular weight is 395 g/mol. The van der Waals surface area contributed by atoms with Crippen molar-refractivity contribution in [2.24, 2.45) is 0 Å². The summed E-state index contributed by atoms with van der Waals surface area (Å²) in [5.41, 5.74) is 1.47. The molecule has 0 aliphatic rings. The van der Waals surface area contributed by atoms with Crippen LogP contribution in [0.5, 0.6) is 5.75 Å². The second-order valence-corrected chi connectivity index (χ2v) is 6.54. The Morgan fingerprint density at radius 1 is 1.14 bits per heavy atom. The minimum Gasteiger partial charge on any atom is -0.484 e. The minimum atomic E-state index is -1.08. The monoisotopic (exact) mass is 395 g/mol. The standard InChI is InChI=1S/C22H21NO6/c1-2-6-18(22(26)27)23-20(24)13-28-15-9-10-16-17(14-7-4-3-5-8-14)12-21(25)29-19(16)11-15/h3-5,7-12,18H,2,6,13H2,1H3,(H,23,24)(H,26,27)/t18-/m1/s1. The van der Waals surface area contributed by atoms with Gasteiger partial charge in [0.1, 0.15) is 17.4 Å². The van der Waals surface area contributed by atoms with Gasteiger partial charge in [-0.3, -0.25) is 4.79 Å². The molecule has 2 N–H and O–H groups in total. The second-order valence-electron chi connectivity index (χ2n) is 6.54. The van der Waals surface area contributed by atoms with Crippen LogP contribution >= 0.6 is 0 Å². The first kappa shape index (κ1) is 20.1. The van der Waals surface area contributed by atoms with Gasteiger partial charge in [-0.05, 0) is 29.7 Å². The molecule has 0 saturated carbocycles. The molecule has 0 aliphatic carbocycles. The van der Waals surface area contributed by atoms with Crippen LogP contribution < -0.4 is 15.7 Å². The Morgan fingerprint density at radius 3 is 2.59 bits per heavy atom.